The number of esters is 1. The fourth-order valence-electron chi connectivity index (χ4n) is 4.00. The van der Waals surface area contributed by atoms with Crippen molar-refractivity contribution in [2.24, 2.45) is 5.92 Å². The van der Waals surface area contributed by atoms with Crippen molar-refractivity contribution in [3.8, 4) is 6.07 Å². The summed E-state index contributed by atoms with van der Waals surface area (Å²) in [5, 5.41) is 9.84. The number of likely N-dealkylation sites (tertiary alicyclic amines) is 1. The zero-order valence-corrected chi connectivity index (χ0v) is 17.1. The number of ether oxygens (including phenoxy) is 1. The van der Waals surface area contributed by atoms with Gasteiger partial charge in [0.25, 0.3) is 0 Å². The third-order valence-electron chi connectivity index (χ3n) is 5.51. The van der Waals surface area contributed by atoms with Gasteiger partial charge in [0.1, 0.15) is 11.2 Å². The number of carbonyl (C=O) groups is 1. The number of hydrogen-bond donors (Lipinski definition) is 1. The Morgan fingerprint density at radius 2 is 2.32 bits per heavy atom. The fourth-order valence-corrected chi connectivity index (χ4v) is 4.00. The van der Waals surface area contributed by atoms with Gasteiger partial charge in [-0.05, 0) is 38.8 Å². The van der Waals surface area contributed by atoms with Gasteiger partial charge >= 0.3 is 5.97 Å². The fraction of sp³-hybridized carbons (Fsp3) is 0.571. The van der Waals surface area contributed by atoms with Crippen LogP contribution >= 0.6 is 0 Å². The molecule has 150 valence electrons. The number of nitrogens with zero attached hydrogens (tertiary/aromatic N) is 4. The van der Waals surface area contributed by atoms with Crippen molar-refractivity contribution in [2.45, 2.75) is 45.8 Å². The highest BCUT2D eigenvalue weighted by Crippen LogP contribution is 2.34. The number of aromatic amines is 1. The number of rotatable bonds is 6. The molecule has 0 radical (unpaired) electrons. The first-order valence-corrected chi connectivity index (χ1v) is 9.91. The first kappa shape index (κ1) is 20.2. The zero-order chi connectivity index (χ0) is 20.3. The molecule has 0 bridgehead atoms. The van der Waals surface area contributed by atoms with Gasteiger partial charge in [-0.3, -0.25) is 0 Å². The minimum absolute atomic E-state index is 0.192. The minimum atomic E-state index is -0.350. The van der Waals surface area contributed by atoms with E-state index in [0.29, 0.717) is 17.9 Å². The largest absolute Gasteiger partial charge is 0.459 e. The van der Waals surface area contributed by atoms with Crippen molar-refractivity contribution in [2.75, 3.05) is 31.6 Å². The Balaban J connectivity index is 1.97. The second-order valence-corrected chi connectivity index (χ2v) is 7.87. The molecule has 0 spiro atoms. The lowest BCUT2D eigenvalue weighted by atomic mass is 9.91. The van der Waals surface area contributed by atoms with Gasteiger partial charge in [-0.2, -0.15) is 5.26 Å². The molecule has 1 aliphatic rings. The summed E-state index contributed by atoms with van der Waals surface area (Å²) < 4.78 is 5.48. The number of H-pyrrole nitrogens is 1. The van der Waals surface area contributed by atoms with Gasteiger partial charge in [0.2, 0.25) is 0 Å². The minimum Gasteiger partial charge on any atom is -0.459 e. The first-order valence-electron chi connectivity index (χ1n) is 9.91. The normalized spacial score (nSPS) is 20.3. The number of piperidine rings is 1. The SMILES string of the molecule is CC(C)OC(=O)c1cnc2[nH]ccc2c1N(C)[C@H]1CN(CCC#N)CC[C@H]1C. The quantitative estimate of drug-likeness (QED) is 0.771. The maximum absolute atomic E-state index is 12.8. The van der Waals surface area contributed by atoms with Crippen LogP contribution < -0.4 is 4.90 Å². The predicted molar refractivity (Wildman–Crippen MR) is 109 cm³/mol. The second kappa shape index (κ2) is 8.61. The van der Waals surface area contributed by atoms with Crippen LogP contribution in [-0.2, 0) is 4.74 Å². The molecule has 7 heteroatoms. The van der Waals surface area contributed by atoms with E-state index in [4.69, 9.17) is 10.00 Å². The molecule has 7 nitrogen and oxygen atoms in total. The van der Waals surface area contributed by atoms with E-state index in [1.807, 2.05) is 33.2 Å². The summed E-state index contributed by atoms with van der Waals surface area (Å²) in [5.41, 5.74) is 2.10. The molecule has 3 heterocycles. The van der Waals surface area contributed by atoms with Crippen LogP contribution in [0.15, 0.2) is 18.5 Å². The van der Waals surface area contributed by atoms with E-state index >= 15 is 0 Å². The number of aromatic nitrogens is 2. The summed E-state index contributed by atoms with van der Waals surface area (Å²) in [7, 11) is 2.04. The third-order valence-corrected chi connectivity index (χ3v) is 5.51. The lowest BCUT2D eigenvalue weighted by molar-refractivity contribution is 0.0378. The predicted octanol–water partition coefficient (Wildman–Crippen LogP) is 3.19. The van der Waals surface area contributed by atoms with E-state index in [1.165, 1.54) is 0 Å². The Bertz CT molecular complexity index is 869. The molecule has 0 unspecified atom stereocenters. The first-order chi connectivity index (χ1) is 13.4. The highest BCUT2D eigenvalue weighted by Gasteiger charge is 2.32. The van der Waals surface area contributed by atoms with E-state index in [9.17, 15) is 4.79 Å². The van der Waals surface area contributed by atoms with Gasteiger partial charge in [-0.1, -0.05) is 6.92 Å². The smallest absolute Gasteiger partial charge is 0.342 e. The second-order valence-electron chi connectivity index (χ2n) is 7.87. The third kappa shape index (κ3) is 4.12. The Morgan fingerprint density at radius 3 is 3.04 bits per heavy atom. The van der Waals surface area contributed by atoms with Crippen molar-refractivity contribution in [1.82, 2.24) is 14.9 Å². The average molecular weight is 383 g/mol. The van der Waals surface area contributed by atoms with E-state index in [-0.39, 0.29) is 18.1 Å². The van der Waals surface area contributed by atoms with Crippen LogP contribution in [0.4, 0.5) is 5.69 Å². The molecule has 28 heavy (non-hydrogen) atoms. The van der Waals surface area contributed by atoms with Gasteiger partial charge in [0.15, 0.2) is 0 Å². The van der Waals surface area contributed by atoms with Gasteiger partial charge in [-0.15, -0.1) is 0 Å². The van der Waals surface area contributed by atoms with Crippen LogP contribution in [0.2, 0.25) is 0 Å². The van der Waals surface area contributed by atoms with Gasteiger partial charge in [0, 0.05) is 50.4 Å². The molecular weight excluding hydrogens is 354 g/mol. The van der Waals surface area contributed by atoms with E-state index < -0.39 is 0 Å². The molecule has 3 rings (SSSR count). The summed E-state index contributed by atoms with van der Waals surface area (Å²) in [6.07, 6.45) is 4.86. The molecule has 1 N–H and O–H groups in total. The highest BCUT2D eigenvalue weighted by atomic mass is 16.5. The molecule has 2 atom stereocenters. The topological polar surface area (TPSA) is 85.2 Å². The molecule has 1 saturated heterocycles. The number of pyridine rings is 1. The lowest BCUT2D eigenvalue weighted by Gasteiger charge is -2.43. The van der Waals surface area contributed by atoms with Crippen molar-refractivity contribution in [3.05, 3.63) is 24.0 Å². The van der Waals surface area contributed by atoms with Crippen molar-refractivity contribution >= 4 is 22.7 Å². The van der Waals surface area contributed by atoms with Crippen LogP contribution in [0.5, 0.6) is 0 Å². The monoisotopic (exact) mass is 383 g/mol. The highest BCUT2D eigenvalue weighted by molar-refractivity contribution is 6.04. The zero-order valence-electron chi connectivity index (χ0n) is 17.1. The molecule has 2 aromatic heterocycles. The van der Waals surface area contributed by atoms with Crippen LogP contribution in [0.3, 0.4) is 0 Å². The Labute approximate surface area is 166 Å². The van der Waals surface area contributed by atoms with Crippen LogP contribution in [0.25, 0.3) is 11.0 Å². The van der Waals surface area contributed by atoms with Crippen molar-refractivity contribution in [3.63, 3.8) is 0 Å². The summed E-state index contributed by atoms with van der Waals surface area (Å²) in [4.78, 5) is 24.9. The number of carbonyl (C=O) groups excluding carboxylic acids is 1. The van der Waals surface area contributed by atoms with Crippen molar-refractivity contribution < 1.29 is 9.53 Å². The summed E-state index contributed by atoms with van der Waals surface area (Å²) >= 11 is 0. The standard InChI is InChI=1S/C21H29N5O2/c1-14(2)28-21(27)17-12-24-20-16(6-9-23-20)19(17)25(4)18-13-26(10-5-8-22)11-7-15(18)3/h6,9,12,14-15,18H,5,7,10-11,13H2,1-4H3,(H,23,24)/t15-,18+/m1/s1. The molecule has 2 aromatic rings. The van der Waals surface area contributed by atoms with Gasteiger partial charge in [0.05, 0.1) is 17.9 Å². The maximum atomic E-state index is 12.8. The molecule has 0 saturated carbocycles. The molecule has 1 fully saturated rings. The van der Waals surface area contributed by atoms with Gasteiger partial charge in [-0.25, -0.2) is 9.78 Å². The summed E-state index contributed by atoms with van der Waals surface area (Å²) in [6, 6.07) is 4.43. The van der Waals surface area contributed by atoms with E-state index in [2.05, 4.69) is 32.8 Å². The van der Waals surface area contributed by atoms with Crippen LogP contribution in [0.1, 0.15) is 44.0 Å². The maximum Gasteiger partial charge on any atom is 0.342 e. The molecule has 0 aromatic carbocycles. The van der Waals surface area contributed by atoms with E-state index in [1.54, 1.807) is 6.20 Å². The number of nitriles is 1. The van der Waals surface area contributed by atoms with Crippen LogP contribution in [0, 0.1) is 17.2 Å². The summed E-state index contributed by atoms with van der Waals surface area (Å²) in [6.45, 7) is 8.60. The number of fused-ring (bicyclic) bond motifs is 1. The van der Waals surface area contributed by atoms with Crippen molar-refractivity contribution in [1.29, 1.82) is 5.26 Å². The molecule has 0 aliphatic carbocycles. The Hall–Kier alpha value is -2.59. The van der Waals surface area contributed by atoms with Crippen LogP contribution in [-0.4, -0.2) is 59.7 Å². The number of anilines is 1. The molecular formula is C21H29N5O2. The van der Waals surface area contributed by atoms with Gasteiger partial charge < -0.3 is 19.5 Å². The number of nitrogens with one attached hydrogen (secondary N) is 1. The Kier molecular flexibility index (Phi) is 6.20. The summed E-state index contributed by atoms with van der Waals surface area (Å²) in [5.74, 6) is 0.122. The molecule has 0 amide bonds. The average Bonchev–Trinajstić information content (AvgIpc) is 3.14. The number of hydrogen-bond acceptors (Lipinski definition) is 6. The number of likely N-dealkylation sites (N-methyl/N-ethyl adjacent to an activating group) is 1. The molecule has 1 aliphatic heterocycles. The van der Waals surface area contributed by atoms with E-state index in [0.717, 1.165) is 42.8 Å². The lowest BCUT2D eigenvalue weighted by Crippen LogP contribution is -2.51. The Morgan fingerprint density at radius 1 is 1.54 bits per heavy atom.